The van der Waals surface area contributed by atoms with Crippen LogP contribution in [0, 0.1) is 0 Å². The number of hydrogen-bond donors (Lipinski definition) is 1. The van der Waals surface area contributed by atoms with E-state index in [0.717, 1.165) is 25.0 Å². The van der Waals surface area contributed by atoms with Gasteiger partial charge in [0.25, 0.3) is 10.0 Å². The molecule has 0 unspecified atom stereocenters. The fourth-order valence-electron chi connectivity index (χ4n) is 1.87. The lowest BCUT2D eigenvalue weighted by Crippen LogP contribution is -2.11. The SMILES string of the molecule is O=S(=O)(Nc1nc2c(s1)CCC2)c1sccc1Br. The predicted molar refractivity (Wildman–Crippen MR) is 77.0 cm³/mol. The first-order valence-electron chi connectivity index (χ1n) is 5.30. The van der Waals surface area contributed by atoms with Crippen LogP contribution in [-0.2, 0) is 22.9 Å². The lowest BCUT2D eigenvalue weighted by Gasteiger charge is -2.03. The van der Waals surface area contributed by atoms with Gasteiger partial charge < -0.3 is 0 Å². The van der Waals surface area contributed by atoms with Crippen LogP contribution in [0.25, 0.3) is 0 Å². The van der Waals surface area contributed by atoms with E-state index in [1.807, 2.05) is 0 Å². The van der Waals surface area contributed by atoms with E-state index in [-0.39, 0.29) is 4.21 Å². The third-order valence-corrected chi connectivity index (χ3v) is 7.86. The number of nitrogens with one attached hydrogen (secondary N) is 1. The van der Waals surface area contributed by atoms with Crippen LogP contribution >= 0.6 is 38.6 Å². The topological polar surface area (TPSA) is 59.1 Å². The molecule has 2 heterocycles. The van der Waals surface area contributed by atoms with E-state index in [0.29, 0.717) is 9.60 Å². The molecule has 3 rings (SSSR count). The molecule has 8 heteroatoms. The van der Waals surface area contributed by atoms with Crippen molar-refractivity contribution in [2.75, 3.05) is 4.72 Å². The number of thiazole rings is 1. The average molecular weight is 365 g/mol. The van der Waals surface area contributed by atoms with Crippen molar-refractivity contribution in [1.29, 1.82) is 0 Å². The van der Waals surface area contributed by atoms with Crippen LogP contribution in [0.2, 0.25) is 0 Å². The molecule has 0 saturated heterocycles. The Morgan fingerprint density at radius 1 is 1.39 bits per heavy atom. The van der Waals surface area contributed by atoms with E-state index < -0.39 is 10.0 Å². The summed E-state index contributed by atoms with van der Waals surface area (Å²) >= 11 is 5.86. The Morgan fingerprint density at radius 3 is 2.89 bits per heavy atom. The Kier molecular flexibility index (Phi) is 3.21. The van der Waals surface area contributed by atoms with E-state index >= 15 is 0 Å². The van der Waals surface area contributed by atoms with Crippen LogP contribution in [0.1, 0.15) is 17.0 Å². The molecule has 0 fully saturated rings. The first-order chi connectivity index (χ1) is 8.56. The zero-order valence-electron chi connectivity index (χ0n) is 9.14. The van der Waals surface area contributed by atoms with Gasteiger partial charge in [-0.05, 0) is 46.6 Å². The standard InChI is InChI=1S/C10H9BrN2O2S3/c11-6-4-5-16-9(6)18(14,15)13-10-12-7-2-1-3-8(7)17-10/h4-5H,1-3H2,(H,12,13). The zero-order valence-corrected chi connectivity index (χ0v) is 13.2. The number of anilines is 1. The molecule has 0 spiro atoms. The predicted octanol–water partition coefficient (Wildman–Crippen LogP) is 3.26. The van der Waals surface area contributed by atoms with Crippen molar-refractivity contribution in [3.05, 3.63) is 26.5 Å². The van der Waals surface area contributed by atoms with Crippen molar-refractivity contribution in [3.63, 3.8) is 0 Å². The molecule has 0 atom stereocenters. The molecule has 2 aromatic rings. The third-order valence-electron chi connectivity index (χ3n) is 2.65. The molecule has 96 valence electrons. The average Bonchev–Trinajstić information content (AvgIpc) is 2.91. The van der Waals surface area contributed by atoms with Gasteiger partial charge in [0.15, 0.2) is 9.34 Å². The van der Waals surface area contributed by atoms with E-state index in [1.165, 1.54) is 27.6 Å². The van der Waals surface area contributed by atoms with Gasteiger partial charge in [-0.1, -0.05) is 0 Å². The number of hydrogen-bond acceptors (Lipinski definition) is 5. The van der Waals surface area contributed by atoms with Crippen molar-refractivity contribution in [2.45, 2.75) is 23.5 Å². The van der Waals surface area contributed by atoms with Crippen LogP contribution in [0.5, 0.6) is 0 Å². The smallest absolute Gasteiger partial charge is 0.254 e. The van der Waals surface area contributed by atoms with E-state index in [2.05, 4.69) is 25.6 Å². The number of aromatic nitrogens is 1. The first-order valence-corrected chi connectivity index (χ1v) is 9.28. The minimum Gasteiger partial charge on any atom is -0.254 e. The van der Waals surface area contributed by atoms with Crippen molar-refractivity contribution >= 4 is 53.8 Å². The molecule has 0 aromatic carbocycles. The Hall–Kier alpha value is -0.440. The molecular formula is C10H9BrN2O2S3. The second-order valence-corrected chi connectivity index (χ2v) is 8.64. The summed E-state index contributed by atoms with van der Waals surface area (Å²) in [5, 5.41) is 2.21. The summed E-state index contributed by atoms with van der Waals surface area (Å²) in [6, 6.07) is 1.72. The maximum atomic E-state index is 12.1. The lowest BCUT2D eigenvalue weighted by molar-refractivity contribution is 0.603. The van der Waals surface area contributed by atoms with Crippen LogP contribution in [0.15, 0.2) is 20.1 Å². The third kappa shape index (κ3) is 2.22. The highest BCUT2D eigenvalue weighted by Crippen LogP contribution is 2.33. The molecule has 1 aliphatic rings. The van der Waals surface area contributed by atoms with Crippen LogP contribution in [0.4, 0.5) is 5.13 Å². The molecule has 0 bridgehead atoms. The van der Waals surface area contributed by atoms with Crippen molar-refractivity contribution in [1.82, 2.24) is 4.98 Å². The van der Waals surface area contributed by atoms with E-state index in [4.69, 9.17) is 0 Å². The fraction of sp³-hybridized carbons (Fsp3) is 0.300. The molecule has 1 N–H and O–H groups in total. The molecule has 0 aliphatic heterocycles. The highest BCUT2D eigenvalue weighted by molar-refractivity contribution is 9.10. The molecular weight excluding hydrogens is 356 g/mol. The summed E-state index contributed by atoms with van der Waals surface area (Å²) in [7, 11) is -3.52. The highest BCUT2D eigenvalue weighted by atomic mass is 79.9. The largest absolute Gasteiger partial charge is 0.274 e. The Bertz CT molecular complexity index is 668. The number of thiophene rings is 1. The zero-order chi connectivity index (χ0) is 12.8. The molecule has 0 amide bonds. The van der Waals surface area contributed by atoms with Gasteiger partial charge in [-0.3, -0.25) is 4.72 Å². The molecule has 18 heavy (non-hydrogen) atoms. The molecule has 0 radical (unpaired) electrons. The van der Waals surface area contributed by atoms with Crippen LogP contribution in [-0.4, -0.2) is 13.4 Å². The van der Waals surface area contributed by atoms with Crippen molar-refractivity contribution in [3.8, 4) is 0 Å². The van der Waals surface area contributed by atoms with E-state index in [9.17, 15) is 8.42 Å². The normalized spacial score (nSPS) is 14.7. The minimum atomic E-state index is -3.52. The Morgan fingerprint density at radius 2 is 2.22 bits per heavy atom. The van der Waals surface area contributed by atoms with Gasteiger partial charge in [0, 0.05) is 9.35 Å². The number of halogens is 1. The highest BCUT2D eigenvalue weighted by Gasteiger charge is 2.23. The van der Waals surface area contributed by atoms with Gasteiger partial charge in [-0.15, -0.1) is 22.7 Å². The summed E-state index contributed by atoms with van der Waals surface area (Å²) in [6.07, 6.45) is 3.09. The Labute approximate surface area is 121 Å². The van der Waals surface area contributed by atoms with Crippen molar-refractivity contribution < 1.29 is 8.42 Å². The van der Waals surface area contributed by atoms with Crippen LogP contribution < -0.4 is 4.72 Å². The van der Waals surface area contributed by atoms with Crippen molar-refractivity contribution in [2.24, 2.45) is 0 Å². The van der Waals surface area contributed by atoms with Gasteiger partial charge in [0.2, 0.25) is 0 Å². The summed E-state index contributed by atoms with van der Waals surface area (Å²) in [4.78, 5) is 5.54. The fourth-order valence-corrected chi connectivity index (χ4v) is 6.49. The second kappa shape index (κ2) is 4.59. The van der Waals surface area contributed by atoms with Gasteiger partial charge in [-0.2, -0.15) is 0 Å². The van der Waals surface area contributed by atoms with Gasteiger partial charge in [-0.25, -0.2) is 13.4 Å². The molecule has 1 aliphatic carbocycles. The van der Waals surface area contributed by atoms with E-state index in [1.54, 1.807) is 11.4 Å². The summed E-state index contributed by atoms with van der Waals surface area (Å²) in [6.45, 7) is 0. The Balaban J connectivity index is 1.90. The van der Waals surface area contributed by atoms with Gasteiger partial charge in [0.1, 0.15) is 0 Å². The van der Waals surface area contributed by atoms with Gasteiger partial charge >= 0.3 is 0 Å². The van der Waals surface area contributed by atoms with Crippen LogP contribution in [0.3, 0.4) is 0 Å². The monoisotopic (exact) mass is 364 g/mol. The number of rotatable bonds is 3. The molecule has 0 saturated carbocycles. The number of nitrogens with zero attached hydrogens (tertiary/aromatic N) is 1. The second-order valence-electron chi connectivity index (χ2n) is 3.90. The maximum absolute atomic E-state index is 12.1. The maximum Gasteiger partial charge on any atom is 0.274 e. The number of sulfonamides is 1. The molecule has 4 nitrogen and oxygen atoms in total. The quantitative estimate of drug-likeness (QED) is 0.908. The summed E-state index contributed by atoms with van der Waals surface area (Å²) < 4.78 is 27.7. The number of fused-ring (bicyclic) bond motifs is 1. The number of aryl methyl sites for hydroxylation is 2. The lowest BCUT2D eigenvalue weighted by atomic mass is 10.4. The summed E-state index contributed by atoms with van der Waals surface area (Å²) in [5.41, 5.74) is 1.04. The van der Waals surface area contributed by atoms with Gasteiger partial charge in [0.05, 0.1) is 5.69 Å². The summed E-state index contributed by atoms with van der Waals surface area (Å²) in [5.74, 6) is 0. The minimum absolute atomic E-state index is 0.290. The first kappa shape index (κ1) is 12.6. The molecule has 2 aromatic heterocycles.